The molecule has 0 atom stereocenters. The lowest BCUT2D eigenvalue weighted by Crippen LogP contribution is -2.14. The number of benzene rings is 1. The quantitative estimate of drug-likeness (QED) is 0.588. The van der Waals surface area contributed by atoms with Gasteiger partial charge in [-0.1, -0.05) is 0 Å². The molecule has 116 valence electrons. The van der Waals surface area contributed by atoms with Gasteiger partial charge in [-0.3, -0.25) is 0 Å². The molecule has 1 aromatic rings. The summed E-state index contributed by atoms with van der Waals surface area (Å²) in [5.41, 5.74) is 2.92. The summed E-state index contributed by atoms with van der Waals surface area (Å²) >= 11 is 0. The zero-order valence-electron chi connectivity index (χ0n) is 12.5. The molecule has 21 heavy (non-hydrogen) atoms. The van der Waals surface area contributed by atoms with Crippen LogP contribution in [-0.2, 0) is 20.6 Å². The van der Waals surface area contributed by atoms with Crippen molar-refractivity contribution in [3.8, 4) is 0 Å². The highest BCUT2D eigenvalue weighted by Crippen LogP contribution is 2.23. The number of carbonyl (C=O) groups is 1. The number of hydrogen-bond acceptors (Lipinski definition) is 5. The van der Waals surface area contributed by atoms with Gasteiger partial charge in [0.25, 0.3) is 0 Å². The van der Waals surface area contributed by atoms with Crippen LogP contribution >= 0.6 is 0 Å². The highest BCUT2D eigenvalue weighted by Gasteiger charge is 2.13. The van der Waals surface area contributed by atoms with Gasteiger partial charge in [0.1, 0.15) is 6.61 Å². The Hall–Kier alpha value is -1.59. The van der Waals surface area contributed by atoms with Crippen molar-refractivity contribution < 1.29 is 19.0 Å². The van der Waals surface area contributed by atoms with E-state index in [1.165, 1.54) is 5.56 Å². The van der Waals surface area contributed by atoms with Gasteiger partial charge in [-0.05, 0) is 43.0 Å². The highest BCUT2D eigenvalue weighted by molar-refractivity contribution is 5.90. The lowest BCUT2D eigenvalue weighted by molar-refractivity contribution is 0.0288. The first-order valence-corrected chi connectivity index (χ1v) is 7.42. The molecule has 1 aromatic carbocycles. The number of nitrogens with one attached hydrogen (secondary N) is 1. The third-order valence-corrected chi connectivity index (χ3v) is 3.38. The van der Waals surface area contributed by atoms with Crippen LogP contribution in [0, 0.1) is 0 Å². The largest absolute Gasteiger partial charge is 0.460 e. The lowest BCUT2D eigenvalue weighted by atomic mass is 10.0. The molecule has 0 bridgehead atoms. The number of rotatable bonds is 8. The summed E-state index contributed by atoms with van der Waals surface area (Å²) in [6, 6.07) is 5.68. The molecule has 1 aliphatic heterocycles. The van der Waals surface area contributed by atoms with Crippen molar-refractivity contribution in [1.29, 1.82) is 0 Å². The second kappa shape index (κ2) is 8.64. The van der Waals surface area contributed by atoms with E-state index < -0.39 is 0 Å². The normalized spacial score (nSPS) is 13.4. The third kappa shape index (κ3) is 5.02. The van der Waals surface area contributed by atoms with E-state index in [0.29, 0.717) is 25.4 Å². The molecule has 0 unspecified atom stereocenters. The Morgan fingerprint density at radius 3 is 3.00 bits per heavy atom. The first kappa shape index (κ1) is 15.8. The van der Waals surface area contributed by atoms with Crippen LogP contribution in [0.1, 0.15) is 28.8 Å². The second-order valence-electron chi connectivity index (χ2n) is 5.00. The fraction of sp³-hybridized carbons (Fsp3) is 0.562. The molecule has 0 amide bonds. The molecule has 5 heteroatoms. The van der Waals surface area contributed by atoms with Crippen molar-refractivity contribution in [2.75, 3.05) is 45.4 Å². The van der Waals surface area contributed by atoms with E-state index in [-0.39, 0.29) is 12.6 Å². The Morgan fingerprint density at radius 1 is 1.24 bits per heavy atom. The molecule has 5 nitrogen and oxygen atoms in total. The van der Waals surface area contributed by atoms with E-state index in [2.05, 4.69) is 5.32 Å². The zero-order valence-corrected chi connectivity index (χ0v) is 12.5. The standard InChI is InChI=1S/C16H23NO4/c1-19-8-3-9-20-10-11-21-16(18)14-5-6-15-13(12-14)4-2-7-17-15/h5-6,12,17H,2-4,7-11H2,1H3. The SMILES string of the molecule is COCCCOCCOC(=O)c1ccc2c(c1)CCCN2. The summed E-state index contributed by atoms with van der Waals surface area (Å²) < 4.78 is 15.5. The fourth-order valence-corrected chi connectivity index (χ4v) is 2.29. The molecule has 2 rings (SSSR count). The minimum absolute atomic E-state index is 0.279. The van der Waals surface area contributed by atoms with Crippen LogP contribution in [0.5, 0.6) is 0 Å². The minimum atomic E-state index is -0.288. The Balaban J connectivity index is 1.71. The Labute approximate surface area is 125 Å². The van der Waals surface area contributed by atoms with Gasteiger partial charge >= 0.3 is 5.97 Å². The van der Waals surface area contributed by atoms with E-state index in [9.17, 15) is 4.79 Å². The topological polar surface area (TPSA) is 56.8 Å². The zero-order chi connectivity index (χ0) is 14.9. The minimum Gasteiger partial charge on any atom is -0.460 e. The lowest BCUT2D eigenvalue weighted by Gasteiger charge is -2.18. The van der Waals surface area contributed by atoms with E-state index in [1.807, 2.05) is 12.1 Å². The number of ether oxygens (including phenoxy) is 3. The molecule has 0 spiro atoms. The Kier molecular flexibility index (Phi) is 6.50. The monoisotopic (exact) mass is 293 g/mol. The number of fused-ring (bicyclic) bond motifs is 1. The summed E-state index contributed by atoms with van der Waals surface area (Å²) in [4.78, 5) is 11.9. The Bertz CT molecular complexity index is 462. The molecule has 0 radical (unpaired) electrons. The second-order valence-corrected chi connectivity index (χ2v) is 5.00. The van der Waals surface area contributed by atoms with Crippen LogP contribution in [0.25, 0.3) is 0 Å². The molecular formula is C16H23NO4. The summed E-state index contributed by atoms with van der Waals surface area (Å²) in [6.07, 6.45) is 2.95. The van der Waals surface area contributed by atoms with Gasteiger partial charge in [0.15, 0.2) is 0 Å². The van der Waals surface area contributed by atoms with Crippen LogP contribution < -0.4 is 5.32 Å². The summed E-state index contributed by atoms with van der Waals surface area (Å²) in [6.45, 7) is 3.00. The molecule has 0 saturated carbocycles. The van der Waals surface area contributed by atoms with Crippen molar-refractivity contribution in [1.82, 2.24) is 0 Å². The van der Waals surface area contributed by atoms with Gasteiger partial charge in [0, 0.05) is 32.6 Å². The maximum Gasteiger partial charge on any atom is 0.338 e. The van der Waals surface area contributed by atoms with E-state index >= 15 is 0 Å². The van der Waals surface area contributed by atoms with Gasteiger partial charge in [-0.2, -0.15) is 0 Å². The molecule has 1 N–H and O–H groups in total. The van der Waals surface area contributed by atoms with E-state index in [4.69, 9.17) is 14.2 Å². The van der Waals surface area contributed by atoms with Crippen molar-refractivity contribution in [3.05, 3.63) is 29.3 Å². The van der Waals surface area contributed by atoms with E-state index in [0.717, 1.165) is 31.5 Å². The molecule has 0 aromatic heterocycles. The predicted octanol–water partition coefficient (Wildman–Crippen LogP) is 2.25. The number of carbonyl (C=O) groups excluding carboxylic acids is 1. The average molecular weight is 293 g/mol. The molecular weight excluding hydrogens is 270 g/mol. The van der Waals surface area contributed by atoms with Gasteiger partial charge in [0.05, 0.1) is 12.2 Å². The first-order valence-electron chi connectivity index (χ1n) is 7.42. The van der Waals surface area contributed by atoms with Crippen LogP contribution in [0.3, 0.4) is 0 Å². The Morgan fingerprint density at radius 2 is 2.14 bits per heavy atom. The smallest absolute Gasteiger partial charge is 0.338 e. The van der Waals surface area contributed by atoms with Crippen LogP contribution in [0.15, 0.2) is 18.2 Å². The van der Waals surface area contributed by atoms with E-state index in [1.54, 1.807) is 13.2 Å². The molecule has 0 aliphatic carbocycles. The van der Waals surface area contributed by atoms with Crippen molar-refractivity contribution in [2.45, 2.75) is 19.3 Å². The number of esters is 1. The van der Waals surface area contributed by atoms with Gasteiger partial charge < -0.3 is 19.5 Å². The summed E-state index contributed by atoms with van der Waals surface area (Å²) in [5.74, 6) is -0.288. The highest BCUT2D eigenvalue weighted by atomic mass is 16.6. The van der Waals surface area contributed by atoms with Crippen molar-refractivity contribution in [2.24, 2.45) is 0 Å². The molecule has 0 fully saturated rings. The van der Waals surface area contributed by atoms with Crippen molar-refractivity contribution >= 4 is 11.7 Å². The summed E-state index contributed by atoms with van der Waals surface area (Å²) in [5, 5.41) is 3.32. The van der Waals surface area contributed by atoms with Gasteiger partial charge in [0.2, 0.25) is 0 Å². The van der Waals surface area contributed by atoms with Gasteiger partial charge in [-0.15, -0.1) is 0 Å². The third-order valence-electron chi connectivity index (χ3n) is 3.38. The fourth-order valence-electron chi connectivity index (χ4n) is 2.29. The molecule has 0 saturated heterocycles. The van der Waals surface area contributed by atoms with Crippen molar-refractivity contribution in [3.63, 3.8) is 0 Å². The maximum atomic E-state index is 11.9. The van der Waals surface area contributed by atoms with Crippen LogP contribution in [0.4, 0.5) is 5.69 Å². The molecule has 1 heterocycles. The predicted molar refractivity (Wildman–Crippen MR) is 80.8 cm³/mol. The average Bonchev–Trinajstić information content (AvgIpc) is 2.53. The van der Waals surface area contributed by atoms with Crippen LogP contribution in [0.2, 0.25) is 0 Å². The van der Waals surface area contributed by atoms with Gasteiger partial charge in [-0.25, -0.2) is 4.79 Å². The number of anilines is 1. The summed E-state index contributed by atoms with van der Waals surface area (Å²) in [7, 11) is 1.66. The number of hydrogen-bond donors (Lipinski definition) is 1. The first-order chi connectivity index (χ1) is 10.3. The number of methoxy groups -OCH3 is 1. The maximum absolute atomic E-state index is 11.9. The van der Waals surface area contributed by atoms with Crippen LogP contribution in [-0.4, -0.2) is 46.1 Å². The molecule has 1 aliphatic rings. The number of aryl methyl sites for hydroxylation is 1.